The van der Waals surface area contributed by atoms with E-state index in [0.717, 1.165) is 15.2 Å². The number of nitrogens with one attached hydrogen (secondary N) is 1. The van der Waals surface area contributed by atoms with Crippen LogP contribution in [0, 0.1) is 0 Å². The molecule has 0 unspecified atom stereocenters. The van der Waals surface area contributed by atoms with Crippen LogP contribution < -0.4 is 10.1 Å². The van der Waals surface area contributed by atoms with Gasteiger partial charge in [-0.25, -0.2) is 0 Å². The average Bonchev–Trinajstić information content (AvgIpc) is 2.92. The van der Waals surface area contributed by atoms with E-state index in [0.29, 0.717) is 16.1 Å². The number of nitrogens with zero attached hydrogens (tertiary/aromatic N) is 2. The Balaban J connectivity index is 1.86. The number of anilines is 1. The number of thioether (sulfide) groups is 1. The van der Waals surface area contributed by atoms with Gasteiger partial charge in [0.2, 0.25) is 5.13 Å². The molecule has 0 fully saturated rings. The molecular weight excluding hydrogens is 398 g/mol. The summed E-state index contributed by atoms with van der Waals surface area (Å²) in [6.45, 7) is 6.18. The fraction of sp³-hybridized carbons (Fsp3) is 0.400. The molecule has 0 spiro atoms. The Morgan fingerprint density at radius 2 is 2.22 bits per heavy atom. The number of carbonyl (C=O) groups is 1. The Morgan fingerprint density at radius 3 is 2.87 bits per heavy atom. The molecule has 1 aromatic carbocycles. The Kier molecular flexibility index (Phi) is 6.86. The highest BCUT2D eigenvalue weighted by atomic mass is 79.9. The average molecular weight is 416 g/mol. The number of rotatable bonds is 7. The van der Waals surface area contributed by atoms with Gasteiger partial charge >= 0.3 is 0 Å². The Labute approximate surface area is 152 Å². The van der Waals surface area contributed by atoms with E-state index in [-0.39, 0.29) is 12.5 Å². The largest absolute Gasteiger partial charge is 0.483 e. The second-order valence-electron chi connectivity index (χ2n) is 4.99. The maximum Gasteiger partial charge on any atom is 0.264 e. The SMILES string of the molecule is CCc1ccc(OCC(=O)Nc2nnc(SC(C)C)s2)c(Br)c1. The summed E-state index contributed by atoms with van der Waals surface area (Å²) in [6, 6.07) is 5.84. The highest BCUT2D eigenvalue weighted by Crippen LogP contribution is 2.29. The fourth-order valence-corrected chi connectivity index (χ4v) is 4.22. The van der Waals surface area contributed by atoms with Crippen LogP contribution in [0.2, 0.25) is 0 Å². The van der Waals surface area contributed by atoms with Crippen molar-refractivity contribution in [2.45, 2.75) is 36.8 Å². The summed E-state index contributed by atoms with van der Waals surface area (Å²) < 4.78 is 7.22. The summed E-state index contributed by atoms with van der Waals surface area (Å²) in [7, 11) is 0. The molecule has 1 aromatic heterocycles. The summed E-state index contributed by atoms with van der Waals surface area (Å²) in [4.78, 5) is 11.9. The van der Waals surface area contributed by atoms with Crippen molar-refractivity contribution in [3.63, 3.8) is 0 Å². The van der Waals surface area contributed by atoms with Gasteiger partial charge in [0.1, 0.15) is 5.75 Å². The molecule has 0 atom stereocenters. The first kappa shape index (κ1) is 18.2. The molecule has 0 radical (unpaired) electrons. The van der Waals surface area contributed by atoms with Crippen LogP contribution in [0.1, 0.15) is 26.3 Å². The Morgan fingerprint density at radius 1 is 1.43 bits per heavy atom. The lowest BCUT2D eigenvalue weighted by molar-refractivity contribution is -0.118. The van der Waals surface area contributed by atoms with Crippen molar-refractivity contribution in [3.05, 3.63) is 28.2 Å². The van der Waals surface area contributed by atoms with Crippen LogP contribution in [0.4, 0.5) is 5.13 Å². The van der Waals surface area contributed by atoms with Crippen LogP contribution in [-0.2, 0) is 11.2 Å². The van der Waals surface area contributed by atoms with Gasteiger partial charge in [-0.05, 0) is 40.0 Å². The van der Waals surface area contributed by atoms with E-state index < -0.39 is 0 Å². The van der Waals surface area contributed by atoms with Crippen LogP contribution in [-0.4, -0.2) is 28.0 Å². The maximum atomic E-state index is 11.9. The zero-order valence-electron chi connectivity index (χ0n) is 13.1. The Hall–Kier alpha value is -1.12. The molecule has 2 aromatic rings. The topological polar surface area (TPSA) is 64.1 Å². The molecule has 0 aliphatic rings. The predicted octanol–water partition coefficient (Wildman–Crippen LogP) is 4.38. The van der Waals surface area contributed by atoms with Crippen molar-refractivity contribution in [1.29, 1.82) is 0 Å². The Bertz CT molecular complexity index is 676. The number of halogens is 1. The van der Waals surface area contributed by atoms with Crippen molar-refractivity contribution < 1.29 is 9.53 Å². The van der Waals surface area contributed by atoms with E-state index in [4.69, 9.17) is 4.74 Å². The van der Waals surface area contributed by atoms with Crippen molar-refractivity contribution in [1.82, 2.24) is 10.2 Å². The van der Waals surface area contributed by atoms with Gasteiger partial charge in [0.05, 0.1) is 4.47 Å². The van der Waals surface area contributed by atoms with Crippen LogP contribution in [0.5, 0.6) is 5.75 Å². The first-order valence-electron chi connectivity index (χ1n) is 7.19. The number of aromatic nitrogens is 2. The molecule has 0 saturated carbocycles. The van der Waals surface area contributed by atoms with E-state index in [1.807, 2.05) is 18.2 Å². The van der Waals surface area contributed by atoms with E-state index >= 15 is 0 Å². The minimum absolute atomic E-state index is 0.0731. The second kappa shape index (κ2) is 8.65. The maximum absolute atomic E-state index is 11.9. The molecule has 1 amide bonds. The van der Waals surface area contributed by atoms with Gasteiger partial charge in [0, 0.05) is 5.25 Å². The van der Waals surface area contributed by atoms with Gasteiger partial charge in [-0.2, -0.15) is 0 Å². The molecule has 0 bridgehead atoms. The van der Waals surface area contributed by atoms with Crippen LogP contribution in [0.15, 0.2) is 27.0 Å². The zero-order chi connectivity index (χ0) is 16.8. The van der Waals surface area contributed by atoms with Gasteiger partial charge in [0.25, 0.3) is 5.91 Å². The number of carbonyl (C=O) groups excluding carboxylic acids is 1. The second-order valence-corrected chi connectivity index (χ2v) is 8.65. The molecule has 1 N–H and O–H groups in total. The van der Waals surface area contributed by atoms with Crippen LogP contribution in [0.3, 0.4) is 0 Å². The molecule has 0 aliphatic carbocycles. The van der Waals surface area contributed by atoms with Gasteiger partial charge in [-0.1, -0.05) is 49.9 Å². The van der Waals surface area contributed by atoms with Gasteiger partial charge < -0.3 is 4.74 Å². The van der Waals surface area contributed by atoms with Gasteiger partial charge in [-0.15, -0.1) is 10.2 Å². The quantitative estimate of drug-likeness (QED) is 0.536. The van der Waals surface area contributed by atoms with Gasteiger partial charge in [0.15, 0.2) is 10.9 Å². The molecule has 0 aliphatic heterocycles. The van der Waals surface area contributed by atoms with Crippen molar-refractivity contribution in [2.75, 3.05) is 11.9 Å². The minimum Gasteiger partial charge on any atom is -0.483 e. The van der Waals surface area contributed by atoms with E-state index in [2.05, 4.69) is 52.2 Å². The summed E-state index contributed by atoms with van der Waals surface area (Å²) >= 11 is 6.43. The standard InChI is InChI=1S/C15H18BrN3O2S2/c1-4-10-5-6-12(11(16)7-10)21-8-13(20)17-14-18-19-15(23-14)22-9(2)3/h5-7,9H,4,8H2,1-3H3,(H,17,18,20). The highest BCUT2D eigenvalue weighted by Gasteiger charge is 2.11. The number of aryl methyl sites for hydroxylation is 1. The monoisotopic (exact) mass is 415 g/mol. The van der Waals surface area contributed by atoms with Crippen molar-refractivity contribution >= 4 is 50.1 Å². The molecule has 1 heterocycles. The molecule has 5 nitrogen and oxygen atoms in total. The summed E-state index contributed by atoms with van der Waals surface area (Å²) in [5, 5.41) is 11.6. The summed E-state index contributed by atoms with van der Waals surface area (Å²) in [5.74, 6) is 0.388. The number of ether oxygens (including phenoxy) is 1. The normalized spacial score (nSPS) is 10.8. The zero-order valence-corrected chi connectivity index (χ0v) is 16.3. The molecule has 124 valence electrons. The number of hydrogen-bond donors (Lipinski definition) is 1. The molecule has 2 rings (SSSR count). The third-order valence-corrected chi connectivity index (χ3v) is 5.30. The van der Waals surface area contributed by atoms with Crippen LogP contribution >= 0.6 is 39.0 Å². The first-order chi connectivity index (χ1) is 11.0. The van der Waals surface area contributed by atoms with Crippen molar-refractivity contribution in [3.8, 4) is 5.75 Å². The highest BCUT2D eigenvalue weighted by molar-refractivity contribution is 9.10. The lowest BCUT2D eigenvalue weighted by Gasteiger charge is -2.08. The molecular formula is C15H18BrN3O2S2. The molecule has 8 heteroatoms. The van der Waals surface area contributed by atoms with E-state index in [9.17, 15) is 4.79 Å². The molecule has 23 heavy (non-hydrogen) atoms. The lowest BCUT2D eigenvalue weighted by Crippen LogP contribution is -2.20. The minimum atomic E-state index is -0.256. The fourth-order valence-electron chi connectivity index (χ4n) is 1.69. The number of hydrogen-bond acceptors (Lipinski definition) is 6. The van der Waals surface area contributed by atoms with E-state index in [1.54, 1.807) is 11.8 Å². The summed E-state index contributed by atoms with van der Waals surface area (Å²) in [5.41, 5.74) is 1.21. The van der Waals surface area contributed by atoms with Gasteiger partial charge in [-0.3, -0.25) is 10.1 Å². The summed E-state index contributed by atoms with van der Waals surface area (Å²) in [6.07, 6.45) is 0.952. The predicted molar refractivity (Wildman–Crippen MR) is 98.5 cm³/mol. The first-order valence-corrected chi connectivity index (χ1v) is 9.68. The third kappa shape index (κ3) is 5.78. The number of benzene rings is 1. The lowest BCUT2D eigenvalue weighted by atomic mass is 10.2. The third-order valence-electron chi connectivity index (χ3n) is 2.75. The molecule has 0 saturated heterocycles. The van der Waals surface area contributed by atoms with Crippen molar-refractivity contribution in [2.24, 2.45) is 0 Å². The van der Waals surface area contributed by atoms with Crippen LogP contribution in [0.25, 0.3) is 0 Å². The smallest absolute Gasteiger partial charge is 0.264 e. The number of amides is 1. The van der Waals surface area contributed by atoms with E-state index in [1.165, 1.54) is 16.9 Å².